The van der Waals surface area contributed by atoms with Gasteiger partial charge in [-0.3, -0.25) is 4.79 Å². The molecule has 0 saturated carbocycles. The van der Waals surface area contributed by atoms with E-state index in [1.54, 1.807) is 12.1 Å². The molecular formula is C17H11NO4. The molecule has 0 aliphatic heterocycles. The molecule has 22 heavy (non-hydrogen) atoms. The molecule has 0 spiro atoms. The predicted molar refractivity (Wildman–Crippen MR) is 84.6 cm³/mol. The Hall–Kier alpha value is -3.21. The Morgan fingerprint density at radius 2 is 1.55 bits per heavy atom. The summed E-state index contributed by atoms with van der Waals surface area (Å²) in [5.41, 5.74) is 0.649. The number of benzene rings is 3. The third-order valence-corrected chi connectivity index (χ3v) is 3.92. The zero-order chi connectivity index (χ0) is 15.4. The van der Waals surface area contributed by atoms with E-state index in [1.165, 1.54) is 0 Å². The van der Waals surface area contributed by atoms with Gasteiger partial charge in [0.2, 0.25) is 5.75 Å². The minimum Gasteiger partial charge on any atom is -0.504 e. The summed E-state index contributed by atoms with van der Waals surface area (Å²) in [6, 6.07) is 12.7. The Morgan fingerprint density at radius 1 is 0.773 bits per heavy atom. The van der Waals surface area contributed by atoms with E-state index in [2.05, 4.69) is 4.98 Å². The van der Waals surface area contributed by atoms with Gasteiger partial charge in [0.1, 0.15) is 0 Å². The standard InChI is InChI=1S/C17H11NO4/c19-14-9-5-6-12-10(13(9)15(20)17(22)16(14)21)7-8-3-1-2-4-11(8)18-12/h1-7,18-21H. The van der Waals surface area contributed by atoms with Crippen molar-refractivity contribution in [1.29, 1.82) is 0 Å². The molecule has 0 radical (unpaired) electrons. The number of para-hydroxylation sites is 1. The maximum absolute atomic E-state index is 11.8. The molecule has 1 heterocycles. The van der Waals surface area contributed by atoms with Gasteiger partial charge in [-0.1, -0.05) is 18.2 Å². The van der Waals surface area contributed by atoms with Gasteiger partial charge in [-0.05, 0) is 29.7 Å². The molecular weight excluding hydrogens is 282 g/mol. The molecule has 3 aromatic carbocycles. The zero-order valence-electron chi connectivity index (χ0n) is 11.3. The van der Waals surface area contributed by atoms with Crippen LogP contribution in [0.1, 0.15) is 0 Å². The van der Waals surface area contributed by atoms with Crippen molar-refractivity contribution in [3.05, 3.63) is 52.7 Å². The summed E-state index contributed by atoms with van der Waals surface area (Å²) in [4.78, 5) is 15.1. The number of hydrogen-bond donors (Lipinski definition) is 4. The molecule has 0 fully saturated rings. The first-order valence-corrected chi connectivity index (χ1v) is 6.69. The van der Waals surface area contributed by atoms with Gasteiger partial charge in [0, 0.05) is 27.2 Å². The normalized spacial score (nSPS) is 11.5. The highest BCUT2D eigenvalue weighted by Gasteiger charge is 2.18. The van der Waals surface area contributed by atoms with E-state index in [9.17, 15) is 20.1 Å². The SMILES string of the molecule is O=c1c(O)c(O)c2ccc3[nH]c4ccccc4cc3c2c1O. The van der Waals surface area contributed by atoms with Crippen molar-refractivity contribution < 1.29 is 15.3 Å². The summed E-state index contributed by atoms with van der Waals surface area (Å²) in [5.74, 6) is -1.93. The molecule has 1 aromatic heterocycles. The van der Waals surface area contributed by atoms with E-state index < -0.39 is 22.7 Å². The van der Waals surface area contributed by atoms with Gasteiger partial charge in [-0.15, -0.1) is 0 Å². The van der Waals surface area contributed by atoms with Gasteiger partial charge >= 0.3 is 0 Å². The van der Waals surface area contributed by atoms with E-state index in [0.717, 1.165) is 10.9 Å². The van der Waals surface area contributed by atoms with E-state index in [0.29, 0.717) is 10.9 Å². The Balaban J connectivity index is 2.33. The van der Waals surface area contributed by atoms with Crippen molar-refractivity contribution >= 4 is 32.6 Å². The fraction of sp³-hybridized carbons (Fsp3) is 0. The molecule has 0 saturated heterocycles. The lowest BCUT2D eigenvalue weighted by Gasteiger charge is -2.10. The van der Waals surface area contributed by atoms with E-state index in [-0.39, 0.29) is 10.8 Å². The molecule has 0 bridgehead atoms. The summed E-state index contributed by atoms with van der Waals surface area (Å²) in [5, 5.41) is 31.7. The van der Waals surface area contributed by atoms with Crippen LogP contribution in [0.3, 0.4) is 0 Å². The molecule has 4 aromatic rings. The zero-order valence-corrected chi connectivity index (χ0v) is 11.3. The Labute approximate surface area is 123 Å². The molecule has 0 aliphatic carbocycles. The van der Waals surface area contributed by atoms with Crippen LogP contribution in [0, 0.1) is 0 Å². The maximum Gasteiger partial charge on any atom is 0.266 e. The van der Waals surface area contributed by atoms with Gasteiger partial charge in [-0.25, -0.2) is 0 Å². The smallest absolute Gasteiger partial charge is 0.266 e. The van der Waals surface area contributed by atoms with E-state index >= 15 is 0 Å². The molecule has 0 amide bonds. The van der Waals surface area contributed by atoms with E-state index in [4.69, 9.17) is 0 Å². The van der Waals surface area contributed by atoms with Gasteiger partial charge in [-0.2, -0.15) is 0 Å². The Bertz CT molecular complexity index is 1130. The van der Waals surface area contributed by atoms with Crippen LogP contribution in [0.4, 0.5) is 0 Å². The van der Waals surface area contributed by atoms with Crippen LogP contribution in [0.25, 0.3) is 32.6 Å². The topological polar surface area (TPSA) is 93.5 Å². The minimum absolute atomic E-state index is 0.222. The number of aromatic amines is 1. The van der Waals surface area contributed by atoms with Gasteiger partial charge in [0.05, 0.1) is 0 Å². The molecule has 0 aliphatic rings. The maximum atomic E-state index is 11.8. The molecule has 108 valence electrons. The third-order valence-electron chi connectivity index (χ3n) is 3.92. The number of hydrogen-bond acceptors (Lipinski definition) is 4. The van der Waals surface area contributed by atoms with Crippen LogP contribution >= 0.6 is 0 Å². The van der Waals surface area contributed by atoms with Crippen LogP contribution in [0.15, 0.2) is 47.3 Å². The number of nitrogens with one attached hydrogen (secondary N) is 1. The number of phenolic OH excluding ortho intramolecular Hbond substituents is 3. The lowest BCUT2D eigenvalue weighted by atomic mass is 10.0. The molecule has 0 atom stereocenters. The average Bonchev–Trinajstić information content (AvgIpc) is 2.55. The number of H-pyrrole nitrogens is 1. The number of fused-ring (bicyclic) bond motifs is 4. The van der Waals surface area contributed by atoms with Crippen molar-refractivity contribution in [2.45, 2.75) is 0 Å². The van der Waals surface area contributed by atoms with Crippen molar-refractivity contribution in [2.75, 3.05) is 0 Å². The van der Waals surface area contributed by atoms with Crippen LogP contribution in [-0.2, 0) is 0 Å². The van der Waals surface area contributed by atoms with Crippen LogP contribution in [0.2, 0.25) is 0 Å². The van der Waals surface area contributed by atoms with Crippen molar-refractivity contribution in [3.63, 3.8) is 0 Å². The largest absolute Gasteiger partial charge is 0.504 e. The minimum atomic E-state index is -0.981. The lowest BCUT2D eigenvalue weighted by molar-refractivity contribution is 0.397. The average molecular weight is 293 g/mol. The number of aromatic nitrogens is 1. The highest BCUT2D eigenvalue weighted by Crippen LogP contribution is 2.39. The molecule has 0 unspecified atom stereocenters. The second kappa shape index (κ2) is 4.14. The van der Waals surface area contributed by atoms with Gasteiger partial charge in [0.25, 0.3) is 5.43 Å². The highest BCUT2D eigenvalue weighted by atomic mass is 16.3. The first kappa shape index (κ1) is 12.5. The first-order chi connectivity index (χ1) is 10.6. The van der Waals surface area contributed by atoms with Gasteiger partial charge < -0.3 is 20.3 Å². The molecule has 5 nitrogen and oxygen atoms in total. The monoisotopic (exact) mass is 293 g/mol. The third kappa shape index (κ3) is 1.50. The number of phenols is 3. The summed E-state index contributed by atoms with van der Waals surface area (Å²) in [6.07, 6.45) is 0. The van der Waals surface area contributed by atoms with Crippen LogP contribution in [0.5, 0.6) is 17.2 Å². The fourth-order valence-electron chi connectivity index (χ4n) is 2.83. The predicted octanol–water partition coefficient (Wildman–Crippen LogP) is 2.95. The van der Waals surface area contributed by atoms with Crippen molar-refractivity contribution in [3.8, 4) is 17.2 Å². The van der Waals surface area contributed by atoms with Crippen molar-refractivity contribution in [1.82, 2.24) is 4.98 Å². The summed E-state index contributed by atoms with van der Waals surface area (Å²) in [6.45, 7) is 0. The summed E-state index contributed by atoms with van der Waals surface area (Å²) >= 11 is 0. The van der Waals surface area contributed by atoms with Gasteiger partial charge in [0.15, 0.2) is 11.5 Å². The number of aromatic hydroxyl groups is 3. The number of rotatable bonds is 0. The fourth-order valence-corrected chi connectivity index (χ4v) is 2.83. The molecule has 5 heteroatoms. The summed E-state index contributed by atoms with van der Waals surface area (Å²) in [7, 11) is 0. The number of pyridine rings is 1. The van der Waals surface area contributed by atoms with E-state index in [1.807, 2.05) is 30.3 Å². The quantitative estimate of drug-likeness (QED) is 0.173. The van der Waals surface area contributed by atoms with Crippen LogP contribution < -0.4 is 5.43 Å². The second-order valence-electron chi connectivity index (χ2n) is 5.18. The molecule has 4 rings (SSSR count). The summed E-state index contributed by atoms with van der Waals surface area (Å²) < 4.78 is 0. The Morgan fingerprint density at radius 3 is 2.36 bits per heavy atom. The first-order valence-electron chi connectivity index (χ1n) is 6.69. The second-order valence-corrected chi connectivity index (χ2v) is 5.18. The highest BCUT2D eigenvalue weighted by molar-refractivity contribution is 6.14. The van der Waals surface area contributed by atoms with Crippen molar-refractivity contribution in [2.24, 2.45) is 0 Å². The van der Waals surface area contributed by atoms with Crippen LogP contribution in [-0.4, -0.2) is 20.3 Å². The molecule has 4 N–H and O–H groups in total. The Kier molecular flexibility index (Phi) is 2.36. The lowest BCUT2D eigenvalue weighted by Crippen LogP contribution is -2.01.